The van der Waals surface area contributed by atoms with E-state index in [9.17, 15) is 14.4 Å². The lowest BCUT2D eigenvalue weighted by Gasteiger charge is -2.18. The zero-order chi connectivity index (χ0) is 42.6. The van der Waals surface area contributed by atoms with E-state index >= 15 is 0 Å². The molecule has 0 saturated carbocycles. The summed E-state index contributed by atoms with van der Waals surface area (Å²) in [5.41, 5.74) is 0. The van der Waals surface area contributed by atoms with Crippen molar-refractivity contribution in [2.75, 3.05) is 13.2 Å². The van der Waals surface area contributed by atoms with Crippen molar-refractivity contribution in [1.82, 2.24) is 0 Å². The van der Waals surface area contributed by atoms with Gasteiger partial charge in [-0.2, -0.15) is 0 Å². The normalized spacial score (nSPS) is 12.1. The van der Waals surface area contributed by atoms with Gasteiger partial charge in [0, 0.05) is 19.3 Å². The summed E-state index contributed by atoms with van der Waals surface area (Å²) in [4.78, 5) is 37.9. The molecule has 1 atom stereocenters. The molecule has 0 unspecified atom stereocenters. The minimum Gasteiger partial charge on any atom is -0.462 e. The molecule has 58 heavy (non-hydrogen) atoms. The van der Waals surface area contributed by atoms with E-state index in [1.54, 1.807) is 0 Å². The monoisotopic (exact) mass is 821 g/mol. The van der Waals surface area contributed by atoms with E-state index in [4.69, 9.17) is 14.2 Å². The molecule has 6 nitrogen and oxygen atoms in total. The van der Waals surface area contributed by atoms with Crippen LogP contribution in [0.1, 0.15) is 285 Å². The van der Waals surface area contributed by atoms with Gasteiger partial charge in [-0.3, -0.25) is 14.4 Å². The Morgan fingerprint density at radius 2 is 0.569 bits per heavy atom. The lowest BCUT2D eigenvalue weighted by atomic mass is 10.0. The largest absolute Gasteiger partial charge is 0.462 e. The zero-order valence-electron chi connectivity index (χ0n) is 39.7. The summed E-state index contributed by atoms with van der Waals surface area (Å²) in [5.74, 6) is 0.766. The van der Waals surface area contributed by atoms with E-state index in [-0.39, 0.29) is 31.1 Å². The molecule has 0 amide bonds. The van der Waals surface area contributed by atoms with Crippen LogP contribution in [0.3, 0.4) is 0 Å². The summed E-state index contributed by atoms with van der Waals surface area (Å²) in [6, 6.07) is 0. The molecule has 344 valence electrons. The summed E-state index contributed by atoms with van der Waals surface area (Å²) in [6.07, 6.45) is 45.2. The molecule has 0 heterocycles. The van der Waals surface area contributed by atoms with Gasteiger partial charge in [0.15, 0.2) is 6.10 Å². The maximum Gasteiger partial charge on any atom is 0.306 e. The molecule has 0 aliphatic carbocycles. The van der Waals surface area contributed by atoms with Gasteiger partial charge in [-0.15, -0.1) is 0 Å². The Balaban J connectivity index is 4.27. The van der Waals surface area contributed by atoms with Gasteiger partial charge < -0.3 is 14.2 Å². The van der Waals surface area contributed by atoms with Gasteiger partial charge in [0.25, 0.3) is 0 Å². The van der Waals surface area contributed by atoms with Crippen molar-refractivity contribution >= 4 is 17.9 Å². The fourth-order valence-electron chi connectivity index (χ4n) is 7.81. The maximum atomic E-state index is 12.7. The standard InChI is InChI=1S/C52H100O6/c1-6-7-8-9-10-11-12-13-16-19-22-27-32-37-42-50(53)56-45-49(58-52(55)44-39-34-29-24-26-31-36-41-48(4)5)46-57-51(54)43-38-33-28-23-20-17-14-15-18-21-25-30-35-40-47(2)3/h47-49H,6-46H2,1-5H3/t49-/m1/s1. The van der Waals surface area contributed by atoms with E-state index in [1.807, 2.05) is 0 Å². The summed E-state index contributed by atoms with van der Waals surface area (Å²) in [6.45, 7) is 11.3. The third-order valence-electron chi connectivity index (χ3n) is 11.7. The summed E-state index contributed by atoms with van der Waals surface area (Å²) >= 11 is 0. The third-order valence-corrected chi connectivity index (χ3v) is 11.7. The average molecular weight is 821 g/mol. The quantitative estimate of drug-likeness (QED) is 0.0346. The molecule has 6 heteroatoms. The number of esters is 3. The van der Waals surface area contributed by atoms with E-state index in [0.717, 1.165) is 69.6 Å². The molecule has 0 spiro atoms. The lowest BCUT2D eigenvalue weighted by molar-refractivity contribution is -0.167. The van der Waals surface area contributed by atoms with Gasteiger partial charge in [0.05, 0.1) is 0 Å². The summed E-state index contributed by atoms with van der Waals surface area (Å²) in [5, 5.41) is 0. The predicted molar refractivity (Wildman–Crippen MR) is 247 cm³/mol. The Kier molecular flexibility index (Phi) is 43.7. The van der Waals surface area contributed by atoms with Crippen LogP contribution < -0.4 is 0 Å². The average Bonchev–Trinajstić information content (AvgIpc) is 3.19. The van der Waals surface area contributed by atoms with E-state index in [0.29, 0.717) is 19.3 Å². The van der Waals surface area contributed by atoms with Gasteiger partial charge in [-0.05, 0) is 31.1 Å². The molecule has 0 fully saturated rings. The fraction of sp³-hybridized carbons (Fsp3) is 0.942. The number of carbonyl (C=O) groups is 3. The Hall–Kier alpha value is -1.59. The van der Waals surface area contributed by atoms with Crippen LogP contribution in [-0.2, 0) is 28.6 Å². The second kappa shape index (κ2) is 44.9. The van der Waals surface area contributed by atoms with E-state index in [1.165, 1.54) is 173 Å². The fourth-order valence-corrected chi connectivity index (χ4v) is 7.81. The van der Waals surface area contributed by atoms with Crippen LogP contribution in [0.5, 0.6) is 0 Å². The molecule has 0 aromatic carbocycles. The molecule has 0 N–H and O–H groups in total. The van der Waals surface area contributed by atoms with Crippen LogP contribution in [0.2, 0.25) is 0 Å². The Labute approximate surface area is 361 Å². The first kappa shape index (κ1) is 56.4. The number of rotatable bonds is 46. The van der Waals surface area contributed by atoms with Crippen LogP contribution in [-0.4, -0.2) is 37.2 Å². The van der Waals surface area contributed by atoms with Crippen molar-refractivity contribution < 1.29 is 28.6 Å². The highest BCUT2D eigenvalue weighted by molar-refractivity contribution is 5.71. The van der Waals surface area contributed by atoms with Crippen LogP contribution in [0.25, 0.3) is 0 Å². The van der Waals surface area contributed by atoms with Crippen molar-refractivity contribution in [3.8, 4) is 0 Å². The molecule has 0 aliphatic heterocycles. The molecule has 0 bridgehead atoms. The van der Waals surface area contributed by atoms with E-state index in [2.05, 4.69) is 34.6 Å². The van der Waals surface area contributed by atoms with Crippen molar-refractivity contribution in [3.63, 3.8) is 0 Å². The maximum absolute atomic E-state index is 12.7. The Bertz CT molecular complexity index is 885. The third kappa shape index (κ3) is 45.5. The van der Waals surface area contributed by atoms with Gasteiger partial charge >= 0.3 is 17.9 Å². The number of ether oxygens (including phenoxy) is 3. The van der Waals surface area contributed by atoms with Crippen LogP contribution in [0.4, 0.5) is 0 Å². The zero-order valence-corrected chi connectivity index (χ0v) is 39.7. The molecule has 0 aliphatic rings. The van der Waals surface area contributed by atoms with Gasteiger partial charge in [0.2, 0.25) is 0 Å². The predicted octanol–water partition coefficient (Wildman–Crippen LogP) is 16.5. The molecule has 0 radical (unpaired) electrons. The summed E-state index contributed by atoms with van der Waals surface area (Å²) in [7, 11) is 0. The van der Waals surface area contributed by atoms with Crippen molar-refractivity contribution in [1.29, 1.82) is 0 Å². The number of hydrogen-bond acceptors (Lipinski definition) is 6. The lowest BCUT2D eigenvalue weighted by Crippen LogP contribution is -2.30. The van der Waals surface area contributed by atoms with Crippen LogP contribution in [0, 0.1) is 11.8 Å². The minimum absolute atomic E-state index is 0.0644. The highest BCUT2D eigenvalue weighted by Crippen LogP contribution is 2.17. The molecular weight excluding hydrogens is 721 g/mol. The van der Waals surface area contributed by atoms with Gasteiger partial charge in [0.1, 0.15) is 13.2 Å². The number of carbonyl (C=O) groups excluding carboxylic acids is 3. The highest BCUT2D eigenvalue weighted by Gasteiger charge is 2.19. The first-order valence-electron chi connectivity index (χ1n) is 25.7. The van der Waals surface area contributed by atoms with Gasteiger partial charge in [-0.1, -0.05) is 247 Å². The number of unbranched alkanes of at least 4 members (excludes halogenated alkanes) is 31. The second-order valence-corrected chi connectivity index (χ2v) is 18.8. The van der Waals surface area contributed by atoms with E-state index < -0.39 is 6.10 Å². The first-order chi connectivity index (χ1) is 28.2. The molecule has 0 aromatic rings. The smallest absolute Gasteiger partial charge is 0.306 e. The van der Waals surface area contributed by atoms with Gasteiger partial charge in [-0.25, -0.2) is 0 Å². The minimum atomic E-state index is -0.762. The second-order valence-electron chi connectivity index (χ2n) is 18.8. The van der Waals surface area contributed by atoms with Crippen LogP contribution >= 0.6 is 0 Å². The Morgan fingerprint density at radius 1 is 0.328 bits per heavy atom. The summed E-state index contributed by atoms with van der Waals surface area (Å²) < 4.78 is 16.8. The highest BCUT2D eigenvalue weighted by atomic mass is 16.6. The van der Waals surface area contributed by atoms with Crippen LogP contribution in [0.15, 0.2) is 0 Å². The number of hydrogen-bond donors (Lipinski definition) is 0. The molecule has 0 aromatic heterocycles. The van der Waals surface area contributed by atoms with Crippen molar-refractivity contribution in [2.45, 2.75) is 291 Å². The topological polar surface area (TPSA) is 78.9 Å². The molecule has 0 rings (SSSR count). The SMILES string of the molecule is CCCCCCCCCCCCCCCCC(=O)OC[C@H](COC(=O)CCCCCCCCCCCCCCCC(C)C)OC(=O)CCCCCCCCCC(C)C. The van der Waals surface area contributed by atoms with Crippen molar-refractivity contribution in [3.05, 3.63) is 0 Å². The van der Waals surface area contributed by atoms with Crippen molar-refractivity contribution in [2.24, 2.45) is 11.8 Å². The molecule has 0 saturated heterocycles. The molecular formula is C52H100O6. The first-order valence-corrected chi connectivity index (χ1v) is 25.7. The Morgan fingerprint density at radius 3 is 0.845 bits per heavy atom.